The first-order chi connectivity index (χ1) is 66.1. The SMILES string of the molecule is CC[NH+](CC)CC.Cc1cc([S+](c2ccccc2)c2ccccc2)cc(C)c1CC(=O)C12CC3CC(CC(C3)C1)C2.Cc1cc([S+](c2ccccc2)c2ccccc2)cc(C)c1OC(=O)C12CC3CC(CC(C3)C1)C2.O=C(CCC(=O)OC1C2CC3CC(C2)C(=O)OC1C3)OCCOC(=O)C(F)(F)S(=O)(=O)[O-].O=C(CCC(=O)OC1C2CC3CC(C2)C(=O)OC1C3)OCCOC(=O)C(F)(F)S(=O)(=O)[O-].[Br-]. The minimum atomic E-state index is -6.24. The Kier molecular flexibility index (Phi) is 36.1. The number of fused-ring (bicyclic) bond motifs is 2. The molecule has 0 radical (unpaired) electrons. The monoisotopic (exact) mass is 2080 g/mol. The summed E-state index contributed by atoms with van der Waals surface area (Å²) in [6, 6.07) is 52.3. The van der Waals surface area contributed by atoms with Gasteiger partial charge in [-0.1, -0.05) is 72.8 Å². The van der Waals surface area contributed by atoms with Crippen LogP contribution in [-0.4, -0.2) is 166 Å². The van der Waals surface area contributed by atoms with E-state index in [1.165, 1.54) is 123 Å². The molecule has 6 aromatic carbocycles. The Labute approximate surface area is 832 Å². The van der Waals surface area contributed by atoms with Gasteiger partial charge in [0.2, 0.25) is 0 Å². The van der Waals surface area contributed by atoms with E-state index in [2.05, 4.69) is 213 Å². The van der Waals surface area contributed by atoms with Gasteiger partial charge in [0.1, 0.15) is 62.4 Å². The van der Waals surface area contributed by atoms with Gasteiger partial charge in [-0.25, -0.2) is 26.4 Å². The molecule has 16 aliphatic rings. The number of alkyl halides is 4. The number of hydrogen-bond acceptors (Lipinski definition) is 25. The topological polar surface area (TPSA) is 373 Å². The minimum absolute atomic E-state index is 0. The predicted molar refractivity (Wildman–Crippen MR) is 499 cm³/mol. The molecule has 10 atom stereocenters. The summed E-state index contributed by atoms with van der Waals surface area (Å²) in [4.78, 5) is 131. The highest BCUT2D eigenvalue weighted by Gasteiger charge is 2.59. The summed E-state index contributed by atoms with van der Waals surface area (Å²) in [5.74, 6) is -2.50. The third-order valence-electron chi connectivity index (χ3n) is 30.2. The number of ether oxygens (including phenoxy) is 9. The lowest BCUT2D eigenvalue weighted by Gasteiger charge is -2.56. The van der Waals surface area contributed by atoms with Crippen LogP contribution in [0.15, 0.2) is 175 Å². The predicted octanol–water partition coefficient (Wildman–Crippen LogP) is 12.7. The molecule has 26 nitrogen and oxygen atoms in total. The van der Waals surface area contributed by atoms with Gasteiger partial charge in [0.25, 0.3) is 0 Å². The van der Waals surface area contributed by atoms with E-state index in [-0.39, 0.29) is 104 Å². The largest absolute Gasteiger partial charge is 1.00 e. The molecule has 140 heavy (non-hydrogen) atoms. The second kappa shape index (κ2) is 46.7. The number of halogens is 5. The summed E-state index contributed by atoms with van der Waals surface area (Å²) in [5.41, 5.74) is 5.69. The Bertz CT molecular complexity index is 5120. The van der Waals surface area contributed by atoms with Crippen LogP contribution in [0.1, 0.15) is 203 Å². The molecule has 22 rings (SSSR count). The van der Waals surface area contributed by atoms with Gasteiger partial charge in [-0.15, -0.1) is 0 Å². The van der Waals surface area contributed by atoms with Gasteiger partial charge in [0.05, 0.1) is 84.4 Å². The maximum atomic E-state index is 13.8. The third kappa shape index (κ3) is 26.0. The lowest BCUT2D eigenvalue weighted by atomic mass is 9.48. The lowest BCUT2D eigenvalue weighted by molar-refractivity contribution is -0.894. The normalized spacial score (nSPS) is 27.1. The van der Waals surface area contributed by atoms with Crippen LogP contribution >= 0.6 is 0 Å². The molecule has 1 N–H and O–H groups in total. The van der Waals surface area contributed by atoms with E-state index in [0.29, 0.717) is 49.7 Å². The molecule has 0 amide bonds. The van der Waals surface area contributed by atoms with Crippen LogP contribution in [0.5, 0.6) is 5.75 Å². The number of esters is 9. The van der Waals surface area contributed by atoms with Crippen molar-refractivity contribution in [2.24, 2.45) is 81.8 Å². The molecule has 35 heteroatoms. The molecule has 16 bridgehead atoms. The Balaban J connectivity index is 0.000000153. The van der Waals surface area contributed by atoms with Crippen molar-refractivity contribution in [2.75, 3.05) is 46.1 Å². The number of Topliss-reactive ketones (excluding diaryl/α,β-unsaturated/α-hetero) is 1. The van der Waals surface area contributed by atoms with E-state index >= 15 is 0 Å². The zero-order valence-corrected chi connectivity index (χ0v) is 84.8. The summed E-state index contributed by atoms with van der Waals surface area (Å²) in [7, 11) is -12.8. The van der Waals surface area contributed by atoms with Gasteiger partial charge in [-0.3, -0.25) is 38.4 Å². The second-order valence-electron chi connectivity index (χ2n) is 40.0. The number of aryl methyl sites for hydroxylation is 4. The van der Waals surface area contributed by atoms with E-state index < -0.39 is 130 Å². The van der Waals surface area contributed by atoms with Crippen LogP contribution in [0.3, 0.4) is 0 Å². The van der Waals surface area contributed by atoms with Crippen molar-refractivity contribution in [3.05, 3.63) is 173 Å². The fourth-order valence-electron chi connectivity index (χ4n) is 24.5. The van der Waals surface area contributed by atoms with Crippen LogP contribution < -0.4 is 26.6 Å². The van der Waals surface area contributed by atoms with Crippen LogP contribution in [0.25, 0.3) is 0 Å². The zero-order chi connectivity index (χ0) is 99.6. The molecule has 0 spiro atoms. The van der Waals surface area contributed by atoms with E-state index in [9.17, 15) is 91.4 Å². The van der Waals surface area contributed by atoms with Gasteiger partial charge in [-0.05, 0) is 313 Å². The molecule has 12 saturated carbocycles. The molecule has 16 fully saturated rings. The first-order valence-electron chi connectivity index (χ1n) is 48.7. The van der Waals surface area contributed by atoms with Crippen molar-refractivity contribution in [1.29, 1.82) is 0 Å². The zero-order valence-electron chi connectivity index (χ0n) is 80.0. The minimum Gasteiger partial charge on any atom is -1.00 e. The Morgan fingerprint density at radius 2 is 0.714 bits per heavy atom. The average Bonchev–Trinajstić information content (AvgIpc) is 1.09. The molecule has 4 heterocycles. The van der Waals surface area contributed by atoms with Crippen molar-refractivity contribution >= 4 is 102 Å². The molecular weight excluding hydrogens is 1960 g/mol. The van der Waals surface area contributed by atoms with Crippen LogP contribution in [0, 0.1) is 110 Å². The van der Waals surface area contributed by atoms with E-state index in [0.717, 1.165) is 97.3 Å². The van der Waals surface area contributed by atoms with Gasteiger partial charge >= 0.3 is 64.2 Å². The highest BCUT2D eigenvalue weighted by molar-refractivity contribution is 7.97. The van der Waals surface area contributed by atoms with Gasteiger partial charge < -0.3 is 73.6 Å². The number of carbonyl (C=O) groups is 10. The number of nitrogens with one attached hydrogen (secondary N) is 1. The number of hydrogen-bond donors (Lipinski definition) is 1. The lowest BCUT2D eigenvalue weighted by Crippen LogP contribution is -3.11. The molecule has 4 aliphatic heterocycles. The van der Waals surface area contributed by atoms with Gasteiger partial charge in [-0.2, -0.15) is 17.6 Å². The fraction of sp³-hybridized carbons (Fsp3) is 0.562. The summed E-state index contributed by atoms with van der Waals surface area (Å²) in [5, 5.41) is -10.5. The molecule has 12 aliphatic carbocycles. The number of rotatable bonds is 32. The second-order valence-corrected chi connectivity index (χ2v) is 46.9. The summed E-state index contributed by atoms with van der Waals surface area (Å²) >= 11 is 0. The van der Waals surface area contributed by atoms with E-state index in [1.807, 2.05) is 0 Å². The van der Waals surface area contributed by atoms with Crippen molar-refractivity contribution in [3.63, 3.8) is 0 Å². The Morgan fingerprint density at radius 1 is 0.407 bits per heavy atom. The summed E-state index contributed by atoms with van der Waals surface area (Å²) in [6.45, 7) is 15.9. The fourth-order valence-corrected chi connectivity index (χ4v) is 29.5. The maximum Gasteiger partial charge on any atom is 0.428 e. The molecule has 10 unspecified atom stereocenters. The quantitative estimate of drug-likeness (QED) is 0.00779. The summed E-state index contributed by atoms with van der Waals surface area (Å²) < 4.78 is 158. The Morgan fingerprint density at radius 3 is 1.03 bits per heavy atom. The van der Waals surface area contributed by atoms with Crippen molar-refractivity contribution in [1.82, 2.24) is 0 Å². The van der Waals surface area contributed by atoms with Crippen LogP contribution in [0.2, 0.25) is 0 Å². The standard InChI is InChI=1S/C32H35OS.C31H33O2S.2C18H22F2O11S.C6H15N.BrH/c1-22-13-29(34(27-9-5-3-6-10-27)28-11-7-4-8-12-28)14-23(2)30(22)18-31(33)32-19-24-15-25(20-32)17-26(16-24)21-32;1-21-13-28(34(26-9-5-3-6-10-26)27-11-7-4-8-12-27)14-22(2)29(21)33-30(32)31-18-23-15-24(19-31)17-25(16-23)20-31;2*19-18(20,32(25,26)27)17(24)29-4-3-28-13(21)1-2-14(22)31-15-10-5-9-6-11(8-10)16(23)30-12(15)7-9;1-4-7(5-2)6-3;/h3-14,24-26H,15-21H2,1-2H3;3-14,23-25H,15-20H2,1-2H3;2*9-12,15H,1-8H2,(H,25,26,27);4-6H2,1-3H3;1H/q2*+1;;;;/p-2. The number of ketones is 1. The summed E-state index contributed by atoms with van der Waals surface area (Å²) in [6.07, 6.45) is 17.5. The third-order valence-corrected chi connectivity index (χ3v) is 36.1. The highest BCUT2D eigenvalue weighted by Crippen LogP contribution is 2.63. The molecular formula is C105H126BrF4NO25S4. The van der Waals surface area contributed by atoms with Crippen molar-refractivity contribution in [3.8, 4) is 5.75 Å². The van der Waals surface area contributed by atoms with Gasteiger partial charge in [0, 0.05) is 35.8 Å². The van der Waals surface area contributed by atoms with E-state index in [1.54, 1.807) is 4.90 Å². The van der Waals surface area contributed by atoms with E-state index in [4.69, 9.17) is 23.7 Å². The highest BCUT2D eigenvalue weighted by atomic mass is 79.9. The van der Waals surface area contributed by atoms with Crippen LogP contribution in [0.4, 0.5) is 17.6 Å². The number of quaternary nitrogens is 1. The molecule has 760 valence electrons. The van der Waals surface area contributed by atoms with Gasteiger partial charge in [0.15, 0.2) is 49.6 Å². The molecule has 4 saturated heterocycles. The van der Waals surface area contributed by atoms with Crippen LogP contribution in [-0.2, 0) is 134 Å². The maximum absolute atomic E-state index is 13.8. The molecule has 0 aromatic heterocycles. The van der Waals surface area contributed by atoms with Crippen molar-refractivity contribution < 1.29 is 156 Å². The smallest absolute Gasteiger partial charge is 0.428 e. The number of carbonyl (C=O) groups excluding carboxylic acids is 10. The first kappa shape index (κ1) is 108. The Hall–Kier alpha value is -9.10. The number of benzene rings is 6. The first-order valence-corrected chi connectivity index (χ1v) is 54.0. The average molecular weight is 2090 g/mol. The molecule has 6 aromatic rings. The van der Waals surface area contributed by atoms with Crippen molar-refractivity contribution in [2.45, 2.75) is 273 Å².